The zero-order valence-corrected chi connectivity index (χ0v) is 5.16. The van der Waals surface area contributed by atoms with Crippen molar-refractivity contribution in [2.24, 2.45) is 0 Å². The van der Waals surface area contributed by atoms with Crippen LogP contribution in [0.1, 0.15) is 0 Å². The molecule has 5 heteroatoms. The molecule has 2 heterocycles. The van der Waals surface area contributed by atoms with Gasteiger partial charge in [-0.15, -0.1) is 11.3 Å². The van der Waals surface area contributed by atoms with Crippen molar-refractivity contribution < 1.29 is 0 Å². The third kappa shape index (κ3) is 0.517. The molecule has 4 nitrogen and oxygen atoms in total. The molecular weight excluding hydrogens is 138 g/mol. The lowest BCUT2D eigenvalue weighted by atomic mass is 10.7. The van der Waals surface area contributed by atoms with Crippen LogP contribution in [0, 0.1) is 0 Å². The molecule has 0 aliphatic carbocycles. The summed E-state index contributed by atoms with van der Waals surface area (Å²) < 4.78 is 0.662. The van der Waals surface area contributed by atoms with E-state index in [4.69, 9.17) is 0 Å². The number of nitrogens with zero attached hydrogens (tertiary/aromatic N) is 1. The van der Waals surface area contributed by atoms with Crippen LogP contribution >= 0.6 is 11.3 Å². The van der Waals surface area contributed by atoms with Gasteiger partial charge < -0.3 is 0 Å². The summed E-state index contributed by atoms with van der Waals surface area (Å²) in [6, 6.07) is 0. The van der Waals surface area contributed by atoms with E-state index in [-0.39, 0.29) is 5.56 Å². The van der Waals surface area contributed by atoms with Gasteiger partial charge in [0, 0.05) is 0 Å². The number of aromatic amines is 2. The molecule has 0 atom stereocenters. The summed E-state index contributed by atoms with van der Waals surface area (Å²) in [5.41, 5.74) is 2.19. The van der Waals surface area contributed by atoms with Crippen molar-refractivity contribution >= 4 is 21.7 Å². The fraction of sp³-hybridized carbons (Fsp3) is 0. The maximum absolute atomic E-state index is 10.7. The Morgan fingerprint density at radius 3 is 3.22 bits per heavy atom. The van der Waals surface area contributed by atoms with Crippen LogP contribution < -0.4 is 5.56 Å². The Hall–Kier alpha value is -1.10. The first-order valence-corrected chi connectivity index (χ1v) is 3.26. The van der Waals surface area contributed by atoms with Gasteiger partial charge in [-0.2, -0.15) is 0 Å². The summed E-state index contributed by atoms with van der Waals surface area (Å²) in [6.07, 6.45) is 0. The molecule has 0 aliphatic heterocycles. The van der Waals surface area contributed by atoms with Crippen LogP contribution in [-0.4, -0.2) is 15.2 Å². The molecule has 0 amide bonds. The van der Waals surface area contributed by atoms with Crippen molar-refractivity contribution in [2.75, 3.05) is 0 Å². The van der Waals surface area contributed by atoms with Crippen molar-refractivity contribution in [1.82, 2.24) is 15.2 Å². The van der Waals surface area contributed by atoms with Crippen LogP contribution in [-0.2, 0) is 0 Å². The number of hydrogen-bond acceptors (Lipinski definition) is 3. The monoisotopic (exact) mass is 141 g/mol. The lowest BCUT2D eigenvalue weighted by Gasteiger charge is -1.64. The van der Waals surface area contributed by atoms with Gasteiger partial charge in [-0.1, -0.05) is 0 Å². The molecule has 0 saturated carbocycles. The highest BCUT2D eigenvalue weighted by Crippen LogP contribution is 2.07. The van der Waals surface area contributed by atoms with Crippen molar-refractivity contribution in [3.63, 3.8) is 0 Å². The minimum atomic E-state index is -0.0903. The van der Waals surface area contributed by atoms with Gasteiger partial charge in [-0.05, 0) is 0 Å². The van der Waals surface area contributed by atoms with Gasteiger partial charge in [0.2, 0.25) is 0 Å². The second-order valence-corrected chi connectivity index (χ2v) is 2.46. The Bertz CT molecular complexity index is 370. The van der Waals surface area contributed by atoms with E-state index in [0.29, 0.717) is 10.3 Å². The summed E-state index contributed by atoms with van der Waals surface area (Å²) in [7, 11) is 0. The van der Waals surface area contributed by atoms with Crippen LogP contribution in [0.15, 0.2) is 10.3 Å². The molecule has 0 aromatic carbocycles. The molecular formula is C4H3N3OS. The number of fused-ring (bicyclic) bond motifs is 1. The number of aromatic nitrogens is 3. The normalized spacial score (nSPS) is 10.7. The smallest absolute Gasteiger partial charge is 0.280 e. The third-order valence-electron chi connectivity index (χ3n) is 1.07. The summed E-state index contributed by atoms with van der Waals surface area (Å²) in [5.74, 6) is 0. The second kappa shape index (κ2) is 1.44. The van der Waals surface area contributed by atoms with Crippen LogP contribution in [0.5, 0.6) is 0 Å². The average Bonchev–Trinajstić information content (AvgIpc) is 2.35. The predicted octanol–water partition coefficient (Wildman–Crippen LogP) is 0.313. The molecule has 2 aromatic heterocycles. The maximum atomic E-state index is 10.7. The van der Waals surface area contributed by atoms with Gasteiger partial charge in [0.25, 0.3) is 5.56 Å². The lowest BCUT2D eigenvalue weighted by Crippen LogP contribution is -1.95. The molecule has 0 bridgehead atoms. The topological polar surface area (TPSA) is 61.5 Å². The Labute approximate surface area is 53.5 Å². The zero-order chi connectivity index (χ0) is 6.27. The first-order chi connectivity index (χ1) is 4.38. The summed E-state index contributed by atoms with van der Waals surface area (Å²) in [6.45, 7) is 0. The van der Waals surface area contributed by atoms with E-state index in [0.717, 1.165) is 0 Å². The fourth-order valence-corrected chi connectivity index (χ4v) is 1.31. The largest absolute Gasteiger partial charge is 0.283 e. The maximum Gasteiger partial charge on any atom is 0.283 e. The Morgan fingerprint density at radius 2 is 2.44 bits per heavy atom. The van der Waals surface area contributed by atoms with E-state index in [9.17, 15) is 4.79 Å². The van der Waals surface area contributed by atoms with Crippen LogP contribution in [0.3, 0.4) is 0 Å². The summed E-state index contributed by atoms with van der Waals surface area (Å²) in [5, 5.41) is 5.05. The number of hydrogen-bond donors (Lipinski definition) is 2. The Morgan fingerprint density at radius 1 is 1.56 bits per heavy atom. The van der Waals surface area contributed by atoms with Gasteiger partial charge >= 0.3 is 0 Å². The van der Waals surface area contributed by atoms with Crippen molar-refractivity contribution in [1.29, 1.82) is 0 Å². The van der Waals surface area contributed by atoms with Crippen molar-refractivity contribution in [3.8, 4) is 0 Å². The molecule has 0 spiro atoms. The molecule has 0 radical (unpaired) electrons. The SMILES string of the molecule is O=c1[nH][nH]c2ncsc12. The van der Waals surface area contributed by atoms with E-state index in [2.05, 4.69) is 15.2 Å². The first kappa shape index (κ1) is 4.75. The molecule has 46 valence electrons. The van der Waals surface area contributed by atoms with Crippen LogP contribution in [0.2, 0.25) is 0 Å². The van der Waals surface area contributed by atoms with Crippen LogP contribution in [0.25, 0.3) is 10.3 Å². The fourth-order valence-electron chi connectivity index (χ4n) is 0.669. The van der Waals surface area contributed by atoms with Crippen LogP contribution in [0.4, 0.5) is 0 Å². The minimum absolute atomic E-state index is 0.0903. The van der Waals surface area contributed by atoms with E-state index in [1.165, 1.54) is 11.3 Å². The van der Waals surface area contributed by atoms with Gasteiger partial charge in [0.1, 0.15) is 4.70 Å². The Kier molecular flexibility index (Phi) is 0.762. The number of nitrogens with one attached hydrogen (secondary N) is 2. The van der Waals surface area contributed by atoms with Gasteiger partial charge in [0.15, 0.2) is 5.65 Å². The highest BCUT2D eigenvalue weighted by atomic mass is 32.1. The molecule has 0 saturated heterocycles. The predicted molar refractivity (Wildman–Crippen MR) is 34.6 cm³/mol. The van der Waals surface area contributed by atoms with Crippen molar-refractivity contribution in [2.45, 2.75) is 0 Å². The molecule has 2 N–H and O–H groups in total. The van der Waals surface area contributed by atoms with Gasteiger partial charge in [0.05, 0.1) is 5.51 Å². The van der Waals surface area contributed by atoms with E-state index >= 15 is 0 Å². The highest BCUT2D eigenvalue weighted by Gasteiger charge is 1.99. The van der Waals surface area contributed by atoms with Gasteiger partial charge in [-0.3, -0.25) is 15.0 Å². The summed E-state index contributed by atoms with van der Waals surface area (Å²) in [4.78, 5) is 14.6. The number of H-pyrrole nitrogens is 2. The van der Waals surface area contributed by atoms with E-state index < -0.39 is 0 Å². The number of thiazole rings is 1. The second-order valence-electron chi connectivity index (χ2n) is 1.61. The molecule has 9 heavy (non-hydrogen) atoms. The third-order valence-corrected chi connectivity index (χ3v) is 1.89. The zero-order valence-electron chi connectivity index (χ0n) is 4.34. The summed E-state index contributed by atoms with van der Waals surface area (Å²) >= 11 is 1.33. The molecule has 0 fully saturated rings. The standard InChI is InChI=1S/C4H3N3OS/c8-4-2-3(6-7-4)5-1-9-2/h1H,(H2,6,7,8). The first-order valence-electron chi connectivity index (χ1n) is 2.38. The van der Waals surface area contributed by atoms with E-state index in [1.54, 1.807) is 5.51 Å². The Balaban J connectivity index is 3.17. The van der Waals surface area contributed by atoms with Crippen molar-refractivity contribution in [3.05, 3.63) is 15.9 Å². The lowest BCUT2D eigenvalue weighted by molar-refractivity contribution is 1.06. The molecule has 0 unspecified atom stereocenters. The number of rotatable bonds is 0. The molecule has 2 aromatic rings. The average molecular weight is 141 g/mol. The molecule has 0 aliphatic rings. The van der Waals surface area contributed by atoms with E-state index in [1.807, 2.05) is 0 Å². The minimum Gasteiger partial charge on any atom is -0.280 e. The quantitative estimate of drug-likeness (QED) is 0.554. The van der Waals surface area contributed by atoms with Gasteiger partial charge in [-0.25, -0.2) is 4.98 Å². The highest BCUT2D eigenvalue weighted by molar-refractivity contribution is 7.16. The molecule has 2 rings (SSSR count).